The number of nitrogens with zero attached hydrogens (tertiary/aromatic N) is 1. The Morgan fingerprint density at radius 1 is 1.33 bits per heavy atom. The van der Waals surface area contributed by atoms with Crippen LogP contribution in [0.1, 0.15) is 40.9 Å². The fourth-order valence-corrected chi connectivity index (χ4v) is 2.31. The number of ketones is 1. The maximum absolute atomic E-state index is 12.5. The van der Waals surface area contributed by atoms with Crippen LogP contribution in [-0.4, -0.2) is 24.2 Å². The van der Waals surface area contributed by atoms with Gasteiger partial charge in [-0.3, -0.25) is 9.59 Å². The standard InChI is InChI=1S/C16H22N2O2S/c1-7-12-8-11(4)9-13(10(2)3)14(12)15(19)16(20)17-18-21(5)6/h8-9H,2,7H2,1,3-6H3,(H,17,20). The summed E-state index contributed by atoms with van der Waals surface area (Å²) in [6, 6.07) is 3.83. The van der Waals surface area contributed by atoms with Crippen LogP contribution in [-0.2, 0) is 21.9 Å². The Balaban J connectivity index is 3.33. The highest BCUT2D eigenvalue weighted by molar-refractivity contribution is 7.85. The normalized spacial score (nSPS) is 10.4. The van der Waals surface area contributed by atoms with Gasteiger partial charge in [-0.1, -0.05) is 47.5 Å². The van der Waals surface area contributed by atoms with Gasteiger partial charge < -0.3 is 0 Å². The van der Waals surface area contributed by atoms with Gasteiger partial charge in [-0.15, -0.1) is 0 Å². The van der Waals surface area contributed by atoms with E-state index in [1.807, 2.05) is 45.4 Å². The molecule has 0 aliphatic heterocycles. The van der Waals surface area contributed by atoms with E-state index in [0.717, 1.165) is 22.3 Å². The van der Waals surface area contributed by atoms with E-state index in [1.54, 1.807) is 0 Å². The van der Waals surface area contributed by atoms with E-state index in [1.165, 1.54) is 0 Å². The fourth-order valence-electron chi connectivity index (χ4n) is 2.04. The first-order valence-corrected chi connectivity index (χ1v) is 8.70. The zero-order valence-corrected chi connectivity index (χ0v) is 14.1. The minimum Gasteiger partial charge on any atom is -0.283 e. The molecule has 0 saturated heterocycles. The Labute approximate surface area is 128 Å². The van der Waals surface area contributed by atoms with Crippen LogP contribution in [0.4, 0.5) is 0 Å². The first-order chi connectivity index (χ1) is 9.77. The molecule has 0 saturated carbocycles. The number of carbonyl (C=O) groups excluding carboxylic acids is 2. The number of hydrogen-bond acceptors (Lipinski definition) is 3. The average molecular weight is 306 g/mol. The van der Waals surface area contributed by atoms with Crippen molar-refractivity contribution >= 4 is 28.0 Å². The van der Waals surface area contributed by atoms with Crippen molar-refractivity contribution < 1.29 is 9.59 Å². The van der Waals surface area contributed by atoms with Gasteiger partial charge >= 0.3 is 5.91 Å². The predicted octanol–water partition coefficient (Wildman–Crippen LogP) is 2.87. The van der Waals surface area contributed by atoms with Gasteiger partial charge in [0, 0.05) is 5.56 Å². The van der Waals surface area contributed by atoms with Crippen LogP contribution in [0.2, 0.25) is 0 Å². The lowest BCUT2D eigenvalue weighted by Gasteiger charge is -2.14. The zero-order chi connectivity index (χ0) is 16.2. The van der Waals surface area contributed by atoms with Crippen LogP contribution in [0, 0.1) is 6.92 Å². The van der Waals surface area contributed by atoms with E-state index in [0.29, 0.717) is 12.0 Å². The van der Waals surface area contributed by atoms with E-state index in [-0.39, 0.29) is 10.7 Å². The maximum atomic E-state index is 12.5. The summed E-state index contributed by atoms with van der Waals surface area (Å²) < 4.78 is 3.90. The van der Waals surface area contributed by atoms with Gasteiger partial charge in [-0.25, -0.2) is 5.43 Å². The molecular formula is C16H22N2O2S. The molecule has 0 unspecified atom stereocenters. The van der Waals surface area contributed by atoms with Gasteiger partial charge in [0.1, 0.15) is 0 Å². The molecule has 4 nitrogen and oxygen atoms in total. The van der Waals surface area contributed by atoms with Crippen LogP contribution >= 0.6 is 0 Å². The van der Waals surface area contributed by atoms with E-state index >= 15 is 0 Å². The monoisotopic (exact) mass is 306 g/mol. The molecule has 21 heavy (non-hydrogen) atoms. The number of benzene rings is 1. The van der Waals surface area contributed by atoms with Gasteiger partial charge in [-0.05, 0) is 43.9 Å². The average Bonchev–Trinajstić information content (AvgIpc) is 2.42. The van der Waals surface area contributed by atoms with Gasteiger partial charge in [0.2, 0.25) is 0 Å². The van der Waals surface area contributed by atoms with E-state index < -0.39 is 11.7 Å². The number of Topliss-reactive ketones (excluding diaryl/α,β-unsaturated/α-hetero) is 1. The second-order valence-corrected chi connectivity index (χ2v) is 6.84. The molecule has 0 aliphatic carbocycles. The highest BCUT2D eigenvalue weighted by atomic mass is 32.2. The number of allylic oxidation sites excluding steroid dienone is 1. The third kappa shape index (κ3) is 4.36. The Morgan fingerprint density at radius 3 is 2.43 bits per heavy atom. The predicted molar refractivity (Wildman–Crippen MR) is 89.4 cm³/mol. The second kappa shape index (κ2) is 7.31. The third-order valence-electron chi connectivity index (χ3n) is 2.97. The molecular weight excluding hydrogens is 284 g/mol. The number of rotatable bonds is 5. The van der Waals surface area contributed by atoms with Gasteiger partial charge in [0.15, 0.2) is 0 Å². The summed E-state index contributed by atoms with van der Waals surface area (Å²) in [5.74, 6) is -1.25. The third-order valence-corrected chi connectivity index (χ3v) is 3.42. The molecule has 114 valence electrons. The summed E-state index contributed by atoms with van der Waals surface area (Å²) in [6.45, 7) is 9.68. The molecule has 0 atom stereocenters. The van der Waals surface area contributed by atoms with E-state index in [2.05, 4.69) is 16.5 Å². The fraction of sp³-hybridized carbons (Fsp3) is 0.375. The summed E-state index contributed by atoms with van der Waals surface area (Å²) in [5, 5.41) is 0. The highest BCUT2D eigenvalue weighted by Gasteiger charge is 2.23. The minimum atomic E-state index is -0.697. The lowest BCUT2D eigenvalue weighted by Crippen LogP contribution is -2.29. The molecule has 1 amide bonds. The van der Waals surface area contributed by atoms with Crippen LogP contribution in [0.3, 0.4) is 0 Å². The number of nitrogens with one attached hydrogen (secondary N) is 1. The second-order valence-electron chi connectivity index (χ2n) is 5.12. The van der Waals surface area contributed by atoms with Crippen molar-refractivity contribution in [3.8, 4) is 0 Å². The Kier molecular flexibility index (Phi) is 6.03. The molecule has 1 aromatic rings. The Morgan fingerprint density at radius 2 is 1.95 bits per heavy atom. The van der Waals surface area contributed by atoms with Gasteiger partial charge in [0.25, 0.3) is 5.78 Å². The lowest BCUT2D eigenvalue weighted by molar-refractivity contribution is -0.116. The van der Waals surface area contributed by atoms with Crippen molar-refractivity contribution in [2.75, 3.05) is 12.5 Å². The molecule has 1 aromatic carbocycles. The number of aryl methyl sites for hydroxylation is 2. The van der Waals surface area contributed by atoms with Crippen molar-refractivity contribution in [2.45, 2.75) is 27.2 Å². The largest absolute Gasteiger partial charge is 0.312 e. The molecule has 0 fully saturated rings. The topological polar surface area (TPSA) is 58.5 Å². The molecule has 0 bridgehead atoms. The SMILES string of the molecule is C=C(C)c1cc(C)cc(CC)c1C(=O)C(=O)NN=S(C)C. The number of carbonyl (C=O) groups is 2. The van der Waals surface area contributed by atoms with Crippen LogP contribution in [0.15, 0.2) is 23.2 Å². The molecule has 0 aliphatic rings. The van der Waals surface area contributed by atoms with Crippen LogP contribution < -0.4 is 5.43 Å². The summed E-state index contributed by atoms with van der Waals surface area (Å²) in [6.07, 6.45) is 4.39. The highest BCUT2D eigenvalue weighted by Crippen LogP contribution is 2.24. The van der Waals surface area contributed by atoms with Gasteiger partial charge in [-0.2, -0.15) is 4.47 Å². The zero-order valence-electron chi connectivity index (χ0n) is 13.2. The molecule has 0 aromatic heterocycles. The number of hydrogen-bond donors (Lipinski definition) is 1. The maximum Gasteiger partial charge on any atom is 0.312 e. The van der Waals surface area contributed by atoms with Crippen molar-refractivity contribution in [1.29, 1.82) is 0 Å². The molecule has 0 spiro atoms. The van der Waals surface area contributed by atoms with E-state index in [9.17, 15) is 9.59 Å². The van der Waals surface area contributed by atoms with Gasteiger partial charge in [0.05, 0.1) is 0 Å². The molecule has 1 rings (SSSR count). The summed E-state index contributed by atoms with van der Waals surface area (Å²) in [4.78, 5) is 24.5. The molecule has 5 heteroatoms. The van der Waals surface area contributed by atoms with Crippen molar-refractivity contribution in [3.05, 3.63) is 41.0 Å². The summed E-state index contributed by atoms with van der Waals surface area (Å²) in [7, 11) is -0.311. The van der Waals surface area contributed by atoms with Crippen molar-refractivity contribution in [2.24, 2.45) is 4.47 Å². The Bertz CT molecular complexity index is 629. The van der Waals surface area contributed by atoms with Crippen LogP contribution in [0.25, 0.3) is 5.57 Å². The van der Waals surface area contributed by atoms with Crippen LogP contribution in [0.5, 0.6) is 0 Å². The minimum absolute atomic E-state index is 0.311. The molecule has 0 heterocycles. The first-order valence-electron chi connectivity index (χ1n) is 6.70. The first kappa shape index (κ1) is 17.3. The lowest BCUT2D eigenvalue weighted by atomic mass is 9.90. The Hall–Kier alpha value is -1.75. The quantitative estimate of drug-likeness (QED) is 0.516. The van der Waals surface area contributed by atoms with E-state index in [4.69, 9.17) is 0 Å². The smallest absolute Gasteiger partial charge is 0.283 e. The van der Waals surface area contributed by atoms with Crippen molar-refractivity contribution in [1.82, 2.24) is 5.43 Å². The molecule has 1 N–H and O–H groups in total. The molecule has 0 radical (unpaired) electrons. The summed E-state index contributed by atoms with van der Waals surface area (Å²) >= 11 is 0. The van der Waals surface area contributed by atoms with Crippen molar-refractivity contribution in [3.63, 3.8) is 0 Å². The number of amides is 1. The summed E-state index contributed by atoms with van der Waals surface area (Å²) in [5.41, 5.74) is 6.19.